The van der Waals surface area contributed by atoms with E-state index in [9.17, 15) is 9.59 Å². The largest absolute Gasteiger partial charge is 0.481 e. The van der Waals surface area contributed by atoms with E-state index in [0.717, 1.165) is 5.69 Å². The van der Waals surface area contributed by atoms with Crippen LogP contribution in [0.4, 0.5) is 5.69 Å². The fourth-order valence-electron chi connectivity index (χ4n) is 1.89. The molecular formula is C14H16N4O3. The third kappa shape index (κ3) is 4.41. The summed E-state index contributed by atoms with van der Waals surface area (Å²) in [5, 5.41) is 19.0. The summed E-state index contributed by atoms with van der Waals surface area (Å²) in [4.78, 5) is 22.3. The van der Waals surface area contributed by atoms with Crippen LogP contribution in [-0.2, 0) is 9.59 Å². The van der Waals surface area contributed by atoms with Gasteiger partial charge in [0.2, 0.25) is 5.91 Å². The highest BCUT2D eigenvalue weighted by atomic mass is 16.4. The molecule has 1 amide bonds. The second-order valence-corrected chi connectivity index (χ2v) is 4.51. The highest BCUT2D eigenvalue weighted by Gasteiger charge is 2.08. The van der Waals surface area contributed by atoms with Crippen LogP contribution in [0.1, 0.15) is 25.7 Å². The molecule has 2 aromatic rings. The lowest BCUT2D eigenvalue weighted by Crippen LogP contribution is -2.13. The molecular weight excluding hydrogens is 272 g/mol. The van der Waals surface area contributed by atoms with Gasteiger partial charge in [0, 0.05) is 12.8 Å². The lowest BCUT2D eigenvalue weighted by atomic mass is 10.2. The van der Waals surface area contributed by atoms with E-state index in [1.807, 2.05) is 18.2 Å². The Morgan fingerprint density at radius 2 is 1.95 bits per heavy atom. The summed E-state index contributed by atoms with van der Waals surface area (Å²) in [6.07, 6.45) is 4.67. The number of carbonyl (C=O) groups is 2. The Bertz CT molecular complexity index is 610. The molecule has 0 bridgehead atoms. The second kappa shape index (κ2) is 7.18. The second-order valence-electron chi connectivity index (χ2n) is 4.51. The number of rotatable bonds is 7. The summed E-state index contributed by atoms with van der Waals surface area (Å²) < 4.78 is 1.57. The predicted octanol–water partition coefficient (Wildman–Crippen LogP) is 1.85. The topological polar surface area (TPSA) is 97.1 Å². The average molecular weight is 288 g/mol. The molecule has 110 valence electrons. The van der Waals surface area contributed by atoms with Gasteiger partial charge >= 0.3 is 5.97 Å². The normalized spacial score (nSPS) is 10.3. The number of aromatic nitrogens is 3. The summed E-state index contributed by atoms with van der Waals surface area (Å²) in [6, 6.07) is 7.28. The standard InChI is InChI=1S/C14H16N4O3/c19-13(7-3-4-8-14(20)21)16-11-5-1-2-6-12(11)18-10-9-15-17-18/h1-2,5-6,9-10H,3-4,7-8H2,(H,16,19)(H,20,21). The summed E-state index contributed by atoms with van der Waals surface area (Å²) >= 11 is 0. The number of benzene rings is 1. The smallest absolute Gasteiger partial charge is 0.303 e. The van der Waals surface area contributed by atoms with Crippen LogP contribution in [0.25, 0.3) is 5.69 Å². The Balaban J connectivity index is 1.94. The van der Waals surface area contributed by atoms with Crippen LogP contribution in [0.15, 0.2) is 36.7 Å². The van der Waals surface area contributed by atoms with Crippen molar-refractivity contribution in [2.45, 2.75) is 25.7 Å². The van der Waals surface area contributed by atoms with Crippen molar-refractivity contribution in [2.75, 3.05) is 5.32 Å². The summed E-state index contributed by atoms with van der Waals surface area (Å²) in [5.74, 6) is -0.986. The minimum absolute atomic E-state index is 0.0861. The number of carboxylic acids is 1. The number of carbonyl (C=O) groups excluding carboxylic acids is 1. The Hall–Kier alpha value is -2.70. The number of nitrogens with zero attached hydrogens (tertiary/aromatic N) is 3. The summed E-state index contributed by atoms with van der Waals surface area (Å²) in [6.45, 7) is 0. The maximum Gasteiger partial charge on any atom is 0.303 e. The molecule has 0 fully saturated rings. The molecule has 21 heavy (non-hydrogen) atoms. The van der Waals surface area contributed by atoms with Gasteiger partial charge in [-0.05, 0) is 25.0 Å². The maximum absolute atomic E-state index is 11.9. The van der Waals surface area contributed by atoms with Crippen molar-refractivity contribution >= 4 is 17.6 Å². The quantitative estimate of drug-likeness (QED) is 0.758. The lowest BCUT2D eigenvalue weighted by Gasteiger charge is -2.10. The number of nitrogens with one attached hydrogen (secondary N) is 1. The van der Waals surface area contributed by atoms with Crippen molar-refractivity contribution < 1.29 is 14.7 Å². The van der Waals surface area contributed by atoms with E-state index in [-0.39, 0.29) is 12.3 Å². The van der Waals surface area contributed by atoms with E-state index >= 15 is 0 Å². The zero-order valence-corrected chi connectivity index (χ0v) is 11.4. The lowest BCUT2D eigenvalue weighted by molar-refractivity contribution is -0.137. The monoisotopic (exact) mass is 288 g/mol. The first kappa shape index (κ1) is 14.7. The number of carboxylic acid groups (broad SMARTS) is 1. The average Bonchev–Trinajstić information content (AvgIpc) is 2.98. The highest BCUT2D eigenvalue weighted by Crippen LogP contribution is 2.19. The molecule has 0 spiro atoms. The number of anilines is 1. The van der Waals surface area contributed by atoms with Gasteiger partial charge in [-0.1, -0.05) is 17.3 Å². The molecule has 0 saturated heterocycles. The van der Waals surface area contributed by atoms with Crippen LogP contribution in [0.3, 0.4) is 0 Å². The van der Waals surface area contributed by atoms with Crippen molar-refractivity contribution in [2.24, 2.45) is 0 Å². The van der Waals surface area contributed by atoms with Crippen LogP contribution < -0.4 is 5.32 Å². The van der Waals surface area contributed by atoms with E-state index < -0.39 is 5.97 Å². The van der Waals surface area contributed by atoms with Gasteiger partial charge in [0.15, 0.2) is 0 Å². The van der Waals surface area contributed by atoms with Crippen LogP contribution in [0.5, 0.6) is 0 Å². The highest BCUT2D eigenvalue weighted by molar-refractivity contribution is 5.92. The molecule has 0 atom stereocenters. The molecule has 0 aliphatic carbocycles. The molecule has 7 heteroatoms. The molecule has 0 unspecified atom stereocenters. The first-order chi connectivity index (χ1) is 10.2. The number of para-hydroxylation sites is 2. The van der Waals surface area contributed by atoms with Gasteiger partial charge in [0.1, 0.15) is 0 Å². The molecule has 1 aromatic carbocycles. The Morgan fingerprint density at radius 1 is 1.19 bits per heavy atom. The van der Waals surface area contributed by atoms with Crippen molar-refractivity contribution in [3.63, 3.8) is 0 Å². The van der Waals surface area contributed by atoms with Gasteiger partial charge in [-0.2, -0.15) is 0 Å². The molecule has 0 saturated carbocycles. The minimum Gasteiger partial charge on any atom is -0.481 e. The number of unbranched alkanes of at least 4 members (excludes halogenated alkanes) is 1. The van der Waals surface area contributed by atoms with E-state index in [1.165, 1.54) is 0 Å². The molecule has 1 heterocycles. The molecule has 0 radical (unpaired) electrons. The Morgan fingerprint density at radius 3 is 2.67 bits per heavy atom. The van der Waals surface area contributed by atoms with E-state index in [4.69, 9.17) is 5.11 Å². The molecule has 0 aliphatic rings. The molecule has 0 aliphatic heterocycles. The first-order valence-electron chi connectivity index (χ1n) is 6.64. The molecule has 1 aromatic heterocycles. The first-order valence-corrected chi connectivity index (χ1v) is 6.64. The number of hydrogen-bond donors (Lipinski definition) is 2. The number of aliphatic carboxylic acids is 1. The number of amides is 1. The molecule has 2 N–H and O–H groups in total. The third-order valence-electron chi connectivity index (χ3n) is 2.89. The van der Waals surface area contributed by atoms with Crippen LogP contribution in [0.2, 0.25) is 0 Å². The Kier molecular flexibility index (Phi) is 5.03. The van der Waals surface area contributed by atoms with Gasteiger partial charge in [0.25, 0.3) is 0 Å². The van der Waals surface area contributed by atoms with Crippen LogP contribution in [-0.4, -0.2) is 32.0 Å². The van der Waals surface area contributed by atoms with E-state index in [2.05, 4.69) is 15.6 Å². The molecule has 7 nitrogen and oxygen atoms in total. The van der Waals surface area contributed by atoms with Gasteiger partial charge in [-0.25, -0.2) is 4.68 Å². The zero-order valence-electron chi connectivity index (χ0n) is 11.4. The minimum atomic E-state index is -0.841. The van der Waals surface area contributed by atoms with Gasteiger partial charge in [-0.15, -0.1) is 5.10 Å². The van der Waals surface area contributed by atoms with Crippen molar-refractivity contribution in [1.82, 2.24) is 15.0 Å². The number of hydrogen-bond acceptors (Lipinski definition) is 4. The predicted molar refractivity (Wildman–Crippen MR) is 76.1 cm³/mol. The SMILES string of the molecule is O=C(O)CCCCC(=O)Nc1ccccc1-n1ccnn1. The fourth-order valence-corrected chi connectivity index (χ4v) is 1.89. The van der Waals surface area contributed by atoms with Gasteiger partial charge < -0.3 is 10.4 Å². The van der Waals surface area contributed by atoms with Crippen molar-refractivity contribution in [3.05, 3.63) is 36.7 Å². The maximum atomic E-state index is 11.9. The van der Waals surface area contributed by atoms with Crippen LogP contribution in [0, 0.1) is 0 Å². The van der Waals surface area contributed by atoms with Crippen LogP contribution >= 0.6 is 0 Å². The van der Waals surface area contributed by atoms with Crippen molar-refractivity contribution in [3.8, 4) is 5.69 Å². The molecule has 2 rings (SSSR count). The van der Waals surface area contributed by atoms with E-state index in [0.29, 0.717) is 24.9 Å². The Labute approximate surface area is 121 Å². The fraction of sp³-hybridized carbons (Fsp3) is 0.286. The van der Waals surface area contributed by atoms with Crippen molar-refractivity contribution in [1.29, 1.82) is 0 Å². The van der Waals surface area contributed by atoms with Gasteiger partial charge in [-0.3, -0.25) is 9.59 Å². The summed E-state index contributed by atoms with van der Waals surface area (Å²) in [5.41, 5.74) is 1.38. The zero-order chi connectivity index (χ0) is 15.1. The third-order valence-corrected chi connectivity index (χ3v) is 2.89. The summed E-state index contributed by atoms with van der Waals surface area (Å²) in [7, 11) is 0. The van der Waals surface area contributed by atoms with E-state index in [1.54, 1.807) is 23.1 Å². The van der Waals surface area contributed by atoms with Gasteiger partial charge in [0.05, 0.1) is 23.8 Å².